The van der Waals surface area contributed by atoms with Crippen LogP contribution in [-0.2, 0) is 6.42 Å². The highest BCUT2D eigenvalue weighted by Crippen LogP contribution is 2.44. The van der Waals surface area contributed by atoms with Gasteiger partial charge in [-0.05, 0) is 127 Å². The van der Waals surface area contributed by atoms with Crippen LogP contribution < -0.4 is 5.63 Å². The number of hydrogen-bond donors (Lipinski definition) is 0. The second-order valence-corrected chi connectivity index (χ2v) is 14.0. The van der Waals surface area contributed by atoms with Gasteiger partial charge in [0.15, 0.2) is 0 Å². The van der Waals surface area contributed by atoms with Crippen molar-refractivity contribution < 1.29 is 4.42 Å². The lowest BCUT2D eigenvalue weighted by Crippen LogP contribution is -2.12. The Kier molecular flexibility index (Phi) is 7.47. The molecule has 0 radical (unpaired) electrons. The van der Waals surface area contributed by atoms with E-state index in [0.29, 0.717) is 16.9 Å². The third-order valence-electron chi connectivity index (χ3n) is 10.9. The van der Waals surface area contributed by atoms with Crippen molar-refractivity contribution >= 4 is 21.7 Å². The monoisotopic (exact) mass is 678 g/mol. The molecule has 9 aromatic rings. The molecule has 1 aliphatic rings. The molecular weight excluding hydrogens is 645 g/mol. The van der Waals surface area contributed by atoms with Crippen molar-refractivity contribution in [3.05, 3.63) is 215 Å². The Balaban J connectivity index is 1.04. The first-order valence-corrected chi connectivity index (χ1v) is 18.2. The Hall–Kier alpha value is -6.77. The molecule has 2 heteroatoms. The van der Waals surface area contributed by atoms with Gasteiger partial charge in [0.05, 0.1) is 5.39 Å². The van der Waals surface area contributed by atoms with Crippen LogP contribution in [0.1, 0.15) is 22.6 Å². The van der Waals surface area contributed by atoms with Gasteiger partial charge in [-0.2, -0.15) is 0 Å². The highest BCUT2D eigenvalue weighted by Gasteiger charge is 2.26. The average molecular weight is 679 g/mol. The minimum atomic E-state index is -0.333. The molecule has 0 spiro atoms. The molecule has 0 aliphatic heterocycles. The van der Waals surface area contributed by atoms with Crippen molar-refractivity contribution in [3.63, 3.8) is 0 Å². The lowest BCUT2D eigenvalue weighted by Gasteiger charge is -2.28. The summed E-state index contributed by atoms with van der Waals surface area (Å²) < 4.78 is 6.09. The van der Waals surface area contributed by atoms with Crippen molar-refractivity contribution in [2.45, 2.75) is 12.3 Å². The summed E-state index contributed by atoms with van der Waals surface area (Å²) in [4.78, 5) is 13.7. The number of hydrogen-bond acceptors (Lipinski definition) is 2. The molecule has 1 heterocycles. The predicted octanol–water partition coefficient (Wildman–Crippen LogP) is 13.0. The predicted molar refractivity (Wildman–Crippen MR) is 219 cm³/mol. The molecule has 0 saturated heterocycles. The quantitative estimate of drug-likeness (QED) is 0.134. The molecule has 1 aliphatic carbocycles. The second-order valence-electron chi connectivity index (χ2n) is 14.0. The maximum Gasteiger partial charge on any atom is 0.344 e. The largest absolute Gasteiger partial charge is 0.422 e. The van der Waals surface area contributed by atoms with Crippen molar-refractivity contribution in [2.75, 3.05) is 0 Å². The topological polar surface area (TPSA) is 30.2 Å². The van der Waals surface area contributed by atoms with E-state index in [4.69, 9.17) is 4.42 Å². The van der Waals surface area contributed by atoms with Crippen LogP contribution >= 0.6 is 0 Å². The van der Waals surface area contributed by atoms with Crippen molar-refractivity contribution in [3.8, 4) is 55.6 Å². The van der Waals surface area contributed by atoms with E-state index in [1.54, 1.807) is 0 Å². The average Bonchev–Trinajstić information content (AvgIpc) is 3.23. The highest BCUT2D eigenvalue weighted by molar-refractivity contribution is 6.06. The van der Waals surface area contributed by atoms with Gasteiger partial charge in [0.2, 0.25) is 0 Å². The van der Waals surface area contributed by atoms with E-state index in [1.807, 2.05) is 24.3 Å². The lowest BCUT2D eigenvalue weighted by atomic mass is 9.75. The van der Waals surface area contributed by atoms with E-state index >= 15 is 0 Å². The van der Waals surface area contributed by atoms with Crippen LogP contribution in [0, 0.1) is 0 Å². The Morgan fingerprint density at radius 2 is 0.943 bits per heavy atom. The fourth-order valence-electron chi connectivity index (χ4n) is 8.22. The minimum Gasteiger partial charge on any atom is -0.422 e. The first-order valence-electron chi connectivity index (χ1n) is 18.2. The fourth-order valence-corrected chi connectivity index (χ4v) is 8.22. The van der Waals surface area contributed by atoms with E-state index in [1.165, 1.54) is 27.8 Å². The molecule has 0 bridgehead atoms. The van der Waals surface area contributed by atoms with Gasteiger partial charge in [0, 0.05) is 11.3 Å². The zero-order chi connectivity index (χ0) is 35.3. The molecular formula is C51H34O2. The number of rotatable bonds is 5. The van der Waals surface area contributed by atoms with Gasteiger partial charge in [-0.25, -0.2) is 4.79 Å². The smallest absolute Gasteiger partial charge is 0.344 e. The Bertz CT molecular complexity index is 2810. The molecule has 8 aromatic carbocycles. The minimum absolute atomic E-state index is 0.327. The number of benzene rings is 8. The first kappa shape index (κ1) is 31.0. The Labute approximate surface area is 308 Å². The van der Waals surface area contributed by atoms with E-state index in [-0.39, 0.29) is 5.63 Å². The van der Waals surface area contributed by atoms with Gasteiger partial charge in [0.1, 0.15) is 5.58 Å². The summed E-state index contributed by atoms with van der Waals surface area (Å²) in [6.45, 7) is 0. The van der Waals surface area contributed by atoms with E-state index in [9.17, 15) is 4.79 Å². The van der Waals surface area contributed by atoms with Crippen LogP contribution in [0.3, 0.4) is 0 Å². The second kappa shape index (κ2) is 12.8. The molecule has 1 unspecified atom stereocenters. The lowest BCUT2D eigenvalue weighted by molar-refractivity contribution is 0.570. The number of fused-ring (bicyclic) bond motifs is 6. The molecule has 1 aromatic heterocycles. The zero-order valence-electron chi connectivity index (χ0n) is 29.0. The van der Waals surface area contributed by atoms with Gasteiger partial charge >= 0.3 is 5.63 Å². The van der Waals surface area contributed by atoms with Gasteiger partial charge in [-0.3, -0.25) is 0 Å². The molecule has 0 fully saturated rings. The van der Waals surface area contributed by atoms with Crippen LogP contribution in [0.15, 0.2) is 197 Å². The fraction of sp³-hybridized carbons (Fsp3) is 0.0392. The van der Waals surface area contributed by atoms with Crippen LogP contribution in [0.5, 0.6) is 0 Å². The van der Waals surface area contributed by atoms with Crippen molar-refractivity contribution in [1.82, 2.24) is 0 Å². The van der Waals surface area contributed by atoms with Crippen LogP contribution in [-0.4, -0.2) is 0 Å². The van der Waals surface area contributed by atoms with E-state index in [2.05, 4.69) is 164 Å². The standard InChI is InChI=1S/C51H34O2/c52-51-49-30-37(42-27-40(33-12-4-1-5-13-33)26-41(28-42)34-14-6-2-7-15-34)22-24-45(49)46-25-23-38(32-50(46)53-51)36-20-21-39-31-47(35-16-8-3-9-17-35)43-18-10-11-19-44(43)48(39)29-36/h1-30,32,47H,31H2. The van der Waals surface area contributed by atoms with Crippen molar-refractivity contribution in [2.24, 2.45) is 0 Å². The van der Waals surface area contributed by atoms with E-state index in [0.717, 1.165) is 61.7 Å². The molecule has 0 amide bonds. The summed E-state index contributed by atoms with van der Waals surface area (Å²) in [5.41, 5.74) is 15.5. The molecule has 0 saturated carbocycles. The Morgan fingerprint density at radius 1 is 0.396 bits per heavy atom. The van der Waals surface area contributed by atoms with Crippen LogP contribution in [0.25, 0.3) is 77.4 Å². The first-order chi connectivity index (χ1) is 26.2. The maximum atomic E-state index is 13.7. The maximum absolute atomic E-state index is 13.7. The third kappa shape index (κ3) is 5.57. The van der Waals surface area contributed by atoms with Gasteiger partial charge < -0.3 is 4.42 Å². The zero-order valence-corrected chi connectivity index (χ0v) is 29.0. The highest BCUT2D eigenvalue weighted by atomic mass is 16.4. The summed E-state index contributed by atoms with van der Waals surface area (Å²) in [5.74, 6) is 0.327. The molecule has 0 N–H and O–H groups in total. The normalized spacial score (nSPS) is 13.5. The molecule has 53 heavy (non-hydrogen) atoms. The Morgan fingerprint density at radius 3 is 1.64 bits per heavy atom. The molecule has 1 atom stereocenters. The SMILES string of the molecule is O=c1oc2cc(-c3ccc4c(c3)-c3ccccc3C(c3ccccc3)C4)ccc2c2ccc(-c3cc(-c4ccccc4)cc(-c4ccccc4)c3)cc12. The van der Waals surface area contributed by atoms with E-state index < -0.39 is 0 Å². The van der Waals surface area contributed by atoms with Gasteiger partial charge in [0.25, 0.3) is 0 Å². The van der Waals surface area contributed by atoms with Gasteiger partial charge in [-0.1, -0.05) is 146 Å². The van der Waals surface area contributed by atoms with Crippen LogP contribution in [0.4, 0.5) is 0 Å². The summed E-state index contributed by atoms with van der Waals surface area (Å²) in [6.07, 6.45) is 0.960. The summed E-state index contributed by atoms with van der Waals surface area (Å²) in [5, 5.41) is 2.39. The molecule has 250 valence electrons. The third-order valence-corrected chi connectivity index (χ3v) is 10.9. The van der Waals surface area contributed by atoms with Gasteiger partial charge in [-0.15, -0.1) is 0 Å². The summed E-state index contributed by atoms with van der Waals surface area (Å²) in [6, 6.07) is 66.3. The van der Waals surface area contributed by atoms with Crippen LogP contribution in [0.2, 0.25) is 0 Å². The molecule has 10 rings (SSSR count). The van der Waals surface area contributed by atoms with Crippen molar-refractivity contribution in [1.29, 1.82) is 0 Å². The summed E-state index contributed by atoms with van der Waals surface area (Å²) in [7, 11) is 0. The summed E-state index contributed by atoms with van der Waals surface area (Å²) >= 11 is 0. The molecule has 2 nitrogen and oxygen atoms in total.